The van der Waals surface area contributed by atoms with Gasteiger partial charge in [0.05, 0.1) is 0 Å². The Balaban J connectivity index is 1.76. The summed E-state index contributed by atoms with van der Waals surface area (Å²) in [4.78, 5) is 0. The highest BCUT2D eigenvalue weighted by atomic mass is 16.3. The summed E-state index contributed by atoms with van der Waals surface area (Å²) in [6.07, 6.45) is 21.8. The first kappa shape index (κ1) is 30.3. The molecule has 202 valence electrons. The molecule has 2 N–H and O–H groups in total. The van der Waals surface area contributed by atoms with E-state index >= 15 is 0 Å². The van der Waals surface area contributed by atoms with E-state index in [1.54, 1.807) is 0 Å². The smallest absolute Gasteiger partial charge is 0.121 e. The predicted molar refractivity (Wildman–Crippen MR) is 157 cm³/mol. The van der Waals surface area contributed by atoms with Gasteiger partial charge in [0, 0.05) is 5.92 Å². The Hall–Kier alpha value is -1.96. The van der Waals surface area contributed by atoms with E-state index in [-0.39, 0.29) is 0 Å². The maximum atomic E-state index is 10.3. The lowest BCUT2D eigenvalue weighted by atomic mass is 9.83. The van der Waals surface area contributed by atoms with Crippen LogP contribution >= 0.6 is 0 Å². The van der Waals surface area contributed by atoms with Crippen LogP contribution in [0.15, 0.2) is 24.3 Å². The monoisotopic (exact) mass is 494 g/mol. The van der Waals surface area contributed by atoms with E-state index in [1.807, 2.05) is 27.7 Å². The molecular formula is C34H54O2. The number of hydrogen-bond acceptors (Lipinski definition) is 2. The van der Waals surface area contributed by atoms with Crippen LogP contribution < -0.4 is 0 Å². The van der Waals surface area contributed by atoms with Crippen LogP contribution in [0.2, 0.25) is 0 Å². The maximum Gasteiger partial charge on any atom is 0.121 e. The zero-order valence-corrected chi connectivity index (χ0v) is 24.1. The highest BCUT2D eigenvalue weighted by Crippen LogP contribution is 2.37. The number of rotatable bonds is 18. The summed E-state index contributed by atoms with van der Waals surface area (Å²) in [6, 6.07) is 8.59. The third-order valence-corrected chi connectivity index (χ3v) is 7.93. The predicted octanol–water partition coefficient (Wildman–Crippen LogP) is 10.7. The molecule has 0 fully saturated rings. The molecule has 0 saturated heterocycles. The standard InChI is InChI=1S/C34H54O2/c1-6-7-8-9-10-11-12-13-14-15-16-17-18-19-20-21-32(30-22-26(2)33(35)27(3)23-30)31-24-28(4)34(36)29(5)25-31/h22-25,32,35-36H,6-21H2,1-5H3. The van der Waals surface area contributed by atoms with Gasteiger partial charge < -0.3 is 10.2 Å². The largest absolute Gasteiger partial charge is 0.507 e. The molecule has 0 amide bonds. The first-order valence-electron chi connectivity index (χ1n) is 14.9. The third kappa shape index (κ3) is 10.2. The van der Waals surface area contributed by atoms with Gasteiger partial charge in [0.1, 0.15) is 11.5 Å². The van der Waals surface area contributed by atoms with Crippen LogP contribution in [0, 0.1) is 27.7 Å². The number of phenolic OH excluding ortho intramolecular Hbond substituents is 2. The van der Waals surface area contributed by atoms with Gasteiger partial charge in [-0.15, -0.1) is 0 Å². The first-order chi connectivity index (χ1) is 17.3. The van der Waals surface area contributed by atoms with Crippen molar-refractivity contribution >= 4 is 0 Å². The van der Waals surface area contributed by atoms with Crippen molar-refractivity contribution in [3.05, 3.63) is 57.6 Å². The second-order valence-corrected chi connectivity index (χ2v) is 11.3. The Bertz CT molecular complexity index is 795. The molecule has 0 radical (unpaired) electrons. The number of aryl methyl sites for hydroxylation is 4. The Morgan fingerprint density at radius 3 is 1.06 bits per heavy atom. The fourth-order valence-electron chi connectivity index (χ4n) is 5.63. The fourth-order valence-corrected chi connectivity index (χ4v) is 5.63. The molecule has 0 aromatic heterocycles. The van der Waals surface area contributed by atoms with Gasteiger partial charge in [0.2, 0.25) is 0 Å². The average molecular weight is 495 g/mol. The molecule has 0 atom stereocenters. The number of phenols is 2. The minimum absolute atomic E-state index is 0.294. The summed E-state index contributed by atoms with van der Waals surface area (Å²) >= 11 is 0. The molecular weight excluding hydrogens is 440 g/mol. The molecule has 0 aliphatic rings. The van der Waals surface area contributed by atoms with Crippen LogP contribution in [0.25, 0.3) is 0 Å². The van der Waals surface area contributed by atoms with Crippen molar-refractivity contribution in [1.82, 2.24) is 0 Å². The molecule has 0 bridgehead atoms. The van der Waals surface area contributed by atoms with Gasteiger partial charge in [0.15, 0.2) is 0 Å². The van der Waals surface area contributed by atoms with Crippen molar-refractivity contribution in [2.24, 2.45) is 0 Å². The molecule has 0 spiro atoms. The summed E-state index contributed by atoms with van der Waals surface area (Å²) < 4.78 is 0. The van der Waals surface area contributed by atoms with Gasteiger partial charge in [-0.05, 0) is 67.5 Å². The van der Waals surface area contributed by atoms with E-state index in [4.69, 9.17) is 0 Å². The van der Waals surface area contributed by atoms with E-state index in [0.717, 1.165) is 28.7 Å². The normalized spacial score (nSPS) is 11.5. The lowest BCUT2D eigenvalue weighted by Crippen LogP contribution is -2.04. The van der Waals surface area contributed by atoms with Gasteiger partial charge in [0.25, 0.3) is 0 Å². The minimum Gasteiger partial charge on any atom is -0.507 e. The van der Waals surface area contributed by atoms with Crippen LogP contribution in [0.1, 0.15) is 149 Å². The molecule has 0 saturated carbocycles. The fraction of sp³-hybridized carbons (Fsp3) is 0.647. The van der Waals surface area contributed by atoms with Crippen molar-refractivity contribution in [1.29, 1.82) is 0 Å². The Morgan fingerprint density at radius 1 is 0.472 bits per heavy atom. The number of aromatic hydroxyl groups is 2. The Kier molecular flexibility index (Phi) is 14.1. The highest BCUT2D eigenvalue weighted by molar-refractivity contribution is 5.49. The molecule has 2 aromatic carbocycles. The summed E-state index contributed by atoms with van der Waals surface area (Å²) in [5, 5.41) is 20.6. The molecule has 36 heavy (non-hydrogen) atoms. The quantitative estimate of drug-likeness (QED) is 0.202. The Morgan fingerprint density at radius 2 is 0.750 bits per heavy atom. The van der Waals surface area contributed by atoms with Crippen LogP contribution in [0.4, 0.5) is 0 Å². The second-order valence-electron chi connectivity index (χ2n) is 11.3. The van der Waals surface area contributed by atoms with Gasteiger partial charge in [-0.25, -0.2) is 0 Å². The van der Waals surface area contributed by atoms with Crippen molar-refractivity contribution in [3.63, 3.8) is 0 Å². The van der Waals surface area contributed by atoms with E-state index in [0.29, 0.717) is 17.4 Å². The van der Waals surface area contributed by atoms with Crippen molar-refractivity contribution in [2.75, 3.05) is 0 Å². The molecule has 0 heterocycles. The number of benzene rings is 2. The van der Waals surface area contributed by atoms with Crippen molar-refractivity contribution < 1.29 is 10.2 Å². The second kappa shape index (κ2) is 16.7. The van der Waals surface area contributed by atoms with E-state index in [9.17, 15) is 10.2 Å². The highest BCUT2D eigenvalue weighted by Gasteiger charge is 2.18. The van der Waals surface area contributed by atoms with Gasteiger partial charge in [-0.3, -0.25) is 0 Å². The van der Waals surface area contributed by atoms with E-state index < -0.39 is 0 Å². The average Bonchev–Trinajstić information content (AvgIpc) is 2.85. The Labute approximate surface area is 222 Å². The number of hydrogen-bond donors (Lipinski definition) is 2. The molecule has 2 rings (SSSR count). The van der Waals surface area contributed by atoms with Crippen LogP contribution in [-0.2, 0) is 0 Å². The van der Waals surface area contributed by atoms with E-state index in [2.05, 4.69) is 31.2 Å². The van der Waals surface area contributed by atoms with Gasteiger partial charge in [-0.2, -0.15) is 0 Å². The number of unbranched alkanes of at least 4 members (excludes halogenated alkanes) is 14. The zero-order chi connectivity index (χ0) is 26.3. The summed E-state index contributed by atoms with van der Waals surface area (Å²) in [6.45, 7) is 10.2. The van der Waals surface area contributed by atoms with Crippen LogP contribution in [-0.4, -0.2) is 10.2 Å². The molecule has 0 aliphatic carbocycles. The topological polar surface area (TPSA) is 40.5 Å². The molecule has 0 unspecified atom stereocenters. The molecule has 2 heteroatoms. The lowest BCUT2D eigenvalue weighted by Gasteiger charge is -2.21. The zero-order valence-electron chi connectivity index (χ0n) is 24.1. The van der Waals surface area contributed by atoms with E-state index in [1.165, 1.54) is 107 Å². The molecule has 0 aliphatic heterocycles. The van der Waals surface area contributed by atoms with Crippen molar-refractivity contribution in [3.8, 4) is 11.5 Å². The van der Waals surface area contributed by atoms with Gasteiger partial charge in [-0.1, -0.05) is 128 Å². The van der Waals surface area contributed by atoms with Gasteiger partial charge >= 0.3 is 0 Å². The third-order valence-electron chi connectivity index (χ3n) is 7.93. The summed E-state index contributed by atoms with van der Waals surface area (Å²) in [5.41, 5.74) is 6.32. The van der Waals surface area contributed by atoms with Crippen LogP contribution in [0.3, 0.4) is 0 Å². The maximum absolute atomic E-state index is 10.3. The summed E-state index contributed by atoms with van der Waals surface area (Å²) in [5.74, 6) is 1.10. The van der Waals surface area contributed by atoms with Crippen molar-refractivity contribution in [2.45, 2.75) is 143 Å². The first-order valence-corrected chi connectivity index (χ1v) is 14.9. The lowest BCUT2D eigenvalue weighted by molar-refractivity contribution is 0.465. The minimum atomic E-state index is 0.294. The summed E-state index contributed by atoms with van der Waals surface area (Å²) in [7, 11) is 0. The molecule has 2 aromatic rings. The SMILES string of the molecule is CCCCCCCCCCCCCCCCCC(c1cc(C)c(O)c(C)c1)c1cc(C)c(O)c(C)c1. The molecule has 2 nitrogen and oxygen atoms in total. The van der Waals surface area contributed by atoms with Crippen LogP contribution in [0.5, 0.6) is 11.5 Å².